The van der Waals surface area contributed by atoms with Gasteiger partial charge in [-0.2, -0.15) is 0 Å². The summed E-state index contributed by atoms with van der Waals surface area (Å²) in [4.78, 5) is 30.7. The zero-order valence-corrected chi connectivity index (χ0v) is 17.7. The third-order valence-electron chi connectivity index (χ3n) is 4.69. The first kappa shape index (κ1) is 21.0. The molecule has 0 bridgehead atoms. The second-order valence-electron chi connectivity index (χ2n) is 6.92. The van der Waals surface area contributed by atoms with Crippen molar-refractivity contribution in [1.82, 2.24) is 4.98 Å². The fourth-order valence-electron chi connectivity index (χ4n) is 3.34. The standard InChI is InChI=1S/C22H21N3O2S.ClH/c1-15-5-2-7-17(11-15)23-20(26)13-21-24-19(14-28-21)16-6-3-8-18(12-16)25-10-4-9-22(25)27;/h2-3,5-8,11-12,14H,4,9-10,13H2,1H3,(H,23,26);1H. The minimum atomic E-state index is -0.0806. The lowest BCUT2D eigenvalue weighted by Gasteiger charge is -2.16. The molecule has 0 atom stereocenters. The van der Waals surface area contributed by atoms with Crippen LogP contribution in [0.2, 0.25) is 0 Å². The molecule has 2 aromatic carbocycles. The Kier molecular flexibility index (Phi) is 6.67. The number of hydrogen-bond acceptors (Lipinski definition) is 4. The number of nitrogens with one attached hydrogen (secondary N) is 1. The first-order valence-corrected chi connectivity index (χ1v) is 10.2. The molecule has 1 saturated heterocycles. The SMILES string of the molecule is Cc1cccc(NC(=O)Cc2nc(-c3cccc(N4CCCC4=O)c3)cs2)c1.Cl. The summed E-state index contributed by atoms with van der Waals surface area (Å²) in [7, 11) is 0. The summed E-state index contributed by atoms with van der Waals surface area (Å²) in [6.45, 7) is 2.76. The number of aromatic nitrogens is 1. The van der Waals surface area contributed by atoms with Crippen molar-refractivity contribution in [2.75, 3.05) is 16.8 Å². The van der Waals surface area contributed by atoms with Crippen LogP contribution in [-0.4, -0.2) is 23.3 Å². The van der Waals surface area contributed by atoms with Gasteiger partial charge < -0.3 is 10.2 Å². The number of anilines is 2. The van der Waals surface area contributed by atoms with Crippen molar-refractivity contribution in [2.45, 2.75) is 26.2 Å². The lowest BCUT2D eigenvalue weighted by molar-refractivity contribution is -0.117. The third-order valence-corrected chi connectivity index (χ3v) is 5.54. The van der Waals surface area contributed by atoms with Gasteiger partial charge in [0, 0.05) is 35.3 Å². The summed E-state index contributed by atoms with van der Waals surface area (Å²) in [6.07, 6.45) is 1.75. The highest BCUT2D eigenvalue weighted by atomic mass is 35.5. The van der Waals surface area contributed by atoms with Crippen molar-refractivity contribution in [3.05, 3.63) is 64.5 Å². The smallest absolute Gasteiger partial charge is 0.231 e. The lowest BCUT2D eigenvalue weighted by atomic mass is 10.1. The minimum absolute atomic E-state index is 0. The van der Waals surface area contributed by atoms with Gasteiger partial charge in [0.15, 0.2) is 0 Å². The number of nitrogens with zero attached hydrogens (tertiary/aromatic N) is 2. The highest BCUT2D eigenvalue weighted by Gasteiger charge is 2.22. The molecule has 0 aliphatic carbocycles. The molecular formula is C22H22ClN3O2S. The van der Waals surface area contributed by atoms with Crippen molar-refractivity contribution in [2.24, 2.45) is 0 Å². The molecule has 1 aliphatic rings. The van der Waals surface area contributed by atoms with E-state index in [1.165, 1.54) is 11.3 Å². The molecule has 150 valence electrons. The van der Waals surface area contributed by atoms with Crippen molar-refractivity contribution in [1.29, 1.82) is 0 Å². The quantitative estimate of drug-likeness (QED) is 0.633. The average Bonchev–Trinajstić information content (AvgIpc) is 3.31. The molecule has 1 fully saturated rings. The third kappa shape index (κ3) is 5.02. The largest absolute Gasteiger partial charge is 0.326 e. The van der Waals surface area contributed by atoms with Gasteiger partial charge in [0.25, 0.3) is 0 Å². The van der Waals surface area contributed by atoms with E-state index in [9.17, 15) is 9.59 Å². The van der Waals surface area contributed by atoms with Gasteiger partial charge in [-0.15, -0.1) is 23.7 Å². The monoisotopic (exact) mass is 427 g/mol. The number of hydrogen-bond donors (Lipinski definition) is 1. The van der Waals surface area contributed by atoms with Crippen LogP contribution in [0.3, 0.4) is 0 Å². The second kappa shape index (κ2) is 9.20. The molecular weight excluding hydrogens is 406 g/mol. The number of thiazole rings is 1. The molecule has 0 radical (unpaired) electrons. The van der Waals surface area contributed by atoms with Gasteiger partial charge in [-0.05, 0) is 43.2 Å². The van der Waals surface area contributed by atoms with E-state index in [0.29, 0.717) is 6.42 Å². The average molecular weight is 428 g/mol. The highest BCUT2D eigenvalue weighted by Crippen LogP contribution is 2.28. The van der Waals surface area contributed by atoms with Crippen molar-refractivity contribution in [3.63, 3.8) is 0 Å². The van der Waals surface area contributed by atoms with Crippen molar-refractivity contribution >= 4 is 46.9 Å². The van der Waals surface area contributed by atoms with Crippen LogP contribution in [0.25, 0.3) is 11.3 Å². The maximum absolute atomic E-state index is 12.3. The number of halogens is 1. The maximum Gasteiger partial charge on any atom is 0.231 e. The number of carbonyl (C=O) groups is 2. The zero-order chi connectivity index (χ0) is 19.5. The molecule has 1 aliphatic heterocycles. The molecule has 7 heteroatoms. The van der Waals surface area contributed by atoms with Crippen LogP contribution in [0.5, 0.6) is 0 Å². The van der Waals surface area contributed by atoms with Gasteiger partial charge in [-0.25, -0.2) is 4.98 Å². The molecule has 0 unspecified atom stereocenters. The zero-order valence-electron chi connectivity index (χ0n) is 16.1. The fourth-order valence-corrected chi connectivity index (χ4v) is 4.15. The number of carbonyl (C=O) groups excluding carboxylic acids is 2. The first-order valence-electron chi connectivity index (χ1n) is 9.30. The van der Waals surface area contributed by atoms with Gasteiger partial charge in [0.05, 0.1) is 12.1 Å². The summed E-state index contributed by atoms with van der Waals surface area (Å²) in [6, 6.07) is 15.6. The van der Waals surface area contributed by atoms with Crippen LogP contribution in [0.4, 0.5) is 11.4 Å². The van der Waals surface area contributed by atoms with Crippen molar-refractivity contribution in [3.8, 4) is 11.3 Å². The van der Waals surface area contributed by atoms with E-state index >= 15 is 0 Å². The van der Waals surface area contributed by atoms with E-state index in [0.717, 1.165) is 46.2 Å². The Labute approximate surface area is 180 Å². The number of aryl methyl sites for hydroxylation is 1. The lowest BCUT2D eigenvalue weighted by Crippen LogP contribution is -2.23. The van der Waals surface area contributed by atoms with Gasteiger partial charge in [-0.3, -0.25) is 9.59 Å². The van der Waals surface area contributed by atoms with Gasteiger partial charge in [-0.1, -0.05) is 24.3 Å². The molecule has 29 heavy (non-hydrogen) atoms. The Morgan fingerprint density at radius 3 is 2.79 bits per heavy atom. The Balaban J connectivity index is 0.00000240. The van der Waals surface area contributed by atoms with Crippen LogP contribution in [-0.2, 0) is 16.0 Å². The molecule has 0 spiro atoms. The van der Waals surface area contributed by atoms with Crippen LogP contribution in [0, 0.1) is 6.92 Å². The van der Waals surface area contributed by atoms with E-state index in [2.05, 4.69) is 10.3 Å². The first-order chi connectivity index (χ1) is 13.6. The minimum Gasteiger partial charge on any atom is -0.326 e. The van der Waals surface area contributed by atoms with E-state index in [1.807, 2.05) is 65.7 Å². The molecule has 2 amide bonds. The number of amides is 2. The van der Waals surface area contributed by atoms with Gasteiger partial charge in [0.2, 0.25) is 11.8 Å². The van der Waals surface area contributed by atoms with E-state index < -0.39 is 0 Å². The highest BCUT2D eigenvalue weighted by molar-refractivity contribution is 7.10. The Morgan fingerprint density at radius 2 is 2.03 bits per heavy atom. The van der Waals surface area contributed by atoms with E-state index in [4.69, 9.17) is 0 Å². The van der Waals surface area contributed by atoms with Crippen LogP contribution >= 0.6 is 23.7 Å². The molecule has 2 heterocycles. The molecule has 1 aromatic heterocycles. The predicted molar refractivity (Wildman–Crippen MR) is 120 cm³/mol. The Hall–Kier alpha value is -2.70. The molecule has 5 nitrogen and oxygen atoms in total. The normalized spacial score (nSPS) is 13.3. The molecule has 1 N–H and O–H groups in total. The summed E-state index contributed by atoms with van der Waals surface area (Å²) >= 11 is 1.47. The Bertz CT molecular complexity index is 1030. The van der Waals surface area contributed by atoms with E-state index in [-0.39, 0.29) is 30.6 Å². The molecule has 3 aromatic rings. The fraction of sp³-hybridized carbons (Fsp3) is 0.227. The Morgan fingerprint density at radius 1 is 1.21 bits per heavy atom. The van der Waals surface area contributed by atoms with Crippen LogP contribution < -0.4 is 10.2 Å². The second-order valence-corrected chi connectivity index (χ2v) is 7.86. The summed E-state index contributed by atoms with van der Waals surface area (Å²) in [5.41, 5.74) is 4.60. The molecule has 4 rings (SSSR count). The number of rotatable bonds is 5. The van der Waals surface area contributed by atoms with Gasteiger partial charge in [0.1, 0.15) is 5.01 Å². The maximum atomic E-state index is 12.3. The van der Waals surface area contributed by atoms with Crippen LogP contribution in [0.1, 0.15) is 23.4 Å². The van der Waals surface area contributed by atoms with Crippen molar-refractivity contribution < 1.29 is 9.59 Å². The van der Waals surface area contributed by atoms with Gasteiger partial charge >= 0.3 is 0 Å². The number of benzene rings is 2. The summed E-state index contributed by atoms with van der Waals surface area (Å²) < 4.78 is 0. The van der Waals surface area contributed by atoms with Crippen LogP contribution in [0.15, 0.2) is 53.9 Å². The summed E-state index contributed by atoms with van der Waals surface area (Å²) in [5.74, 6) is 0.0897. The summed E-state index contributed by atoms with van der Waals surface area (Å²) in [5, 5.41) is 5.64. The van der Waals surface area contributed by atoms with E-state index in [1.54, 1.807) is 0 Å². The molecule has 0 saturated carbocycles. The topological polar surface area (TPSA) is 62.3 Å². The predicted octanol–water partition coefficient (Wildman–Crippen LogP) is 4.85.